The zero-order chi connectivity index (χ0) is 17.3. The molecule has 1 aliphatic heterocycles. The second-order valence-electron chi connectivity index (χ2n) is 5.74. The van der Waals surface area contributed by atoms with E-state index in [0.717, 1.165) is 30.6 Å². The number of aliphatic hydroxyl groups is 2. The van der Waals surface area contributed by atoms with Crippen molar-refractivity contribution in [2.24, 2.45) is 0 Å². The molecule has 0 saturated carbocycles. The van der Waals surface area contributed by atoms with Gasteiger partial charge >= 0.3 is 0 Å². The number of thioether (sulfide) groups is 4. The van der Waals surface area contributed by atoms with Crippen molar-refractivity contribution in [2.75, 3.05) is 60.4 Å². The van der Waals surface area contributed by atoms with Gasteiger partial charge in [0.1, 0.15) is 0 Å². The minimum Gasteiger partial charge on any atom is -0.396 e. The molecule has 1 heterocycles. The maximum atomic E-state index is 9.20. The van der Waals surface area contributed by atoms with Crippen molar-refractivity contribution in [3.05, 3.63) is 0 Å². The normalized spacial score (nSPS) is 25.0. The molecule has 1 saturated heterocycles. The molecule has 1 aliphatic rings. The number of β-amino-alcohol motifs (C(OH)–C–C–N with tert-alkyl or cyclic N) is 1. The fourth-order valence-corrected chi connectivity index (χ4v) is 6.47. The van der Waals surface area contributed by atoms with Crippen molar-refractivity contribution in [3.8, 4) is 0 Å². The van der Waals surface area contributed by atoms with Gasteiger partial charge in [-0.1, -0.05) is 0 Å². The van der Waals surface area contributed by atoms with Crippen molar-refractivity contribution in [2.45, 2.75) is 37.5 Å². The molecule has 1 unspecified atom stereocenters. The zero-order valence-corrected chi connectivity index (χ0v) is 17.9. The highest BCUT2D eigenvalue weighted by Crippen LogP contribution is 2.18. The Labute approximate surface area is 165 Å². The molecule has 3 N–H and O–H groups in total. The van der Waals surface area contributed by atoms with E-state index < -0.39 is 0 Å². The minimum absolute atomic E-state index is 0.258. The first-order valence-electron chi connectivity index (χ1n) is 8.89. The van der Waals surface area contributed by atoms with Crippen molar-refractivity contribution >= 4 is 47.0 Å². The van der Waals surface area contributed by atoms with Crippen molar-refractivity contribution < 1.29 is 10.2 Å². The summed E-state index contributed by atoms with van der Waals surface area (Å²) in [5.74, 6) is 7.85. The van der Waals surface area contributed by atoms with Gasteiger partial charge in [-0.05, 0) is 55.1 Å². The van der Waals surface area contributed by atoms with E-state index in [0.29, 0.717) is 5.37 Å². The first-order valence-corrected chi connectivity index (χ1v) is 13.4. The van der Waals surface area contributed by atoms with Gasteiger partial charge in [-0.15, -0.1) is 47.0 Å². The van der Waals surface area contributed by atoms with Gasteiger partial charge in [0.05, 0.1) is 12.0 Å². The fourth-order valence-electron chi connectivity index (χ4n) is 2.22. The minimum atomic E-state index is 0.258. The van der Waals surface area contributed by atoms with Crippen LogP contribution in [0.15, 0.2) is 0 Å². The van der Waals surface area contributed by atoms with E-state index in [1.165, 1.54) is 48.7 Å². The van der Waals surface area contributed by atoms with Crippen LogP contribution in [0.3, 0.4) is 0 Å². The van der Waals surface area contributed by atoms with Crippen LogP contribution in [0.4, 0.5) is 0 Å². The van der Waals surface area contributed by atoms with E-state index >= 15 is 0 Å². The third-order valence-corrected chi connectivity index (χ3v) is 8.13. The van der Waals surface area contributed by atoms with Crippen molar-refractivity contribution in [3.63, 3.8) is 0 Å². The van der Waals surface area contributed by atoms with E-state index in [-0.39, 0.29) is 13.2 Å². The molecular formula is C16H34N2O2S4. The van der Waals surface area contributed by atoms with Gasteiger partial charge in [0.15, 0.2) is 0 Å². The molecule has 24 heavy (non-hydrogen) atoms. The quantitative estimate of drug-likeness (QED) is 0.649. The lowest BCUT2D eigenvalue weighted by molar-refractivity contribution is 0.234. The SMILES string of the molecule is OCCC1NCSCCCCSCN(CCO)CSCCCCS1. The summed E-state index contributed by atoms with van der Waals surface area (Å²) in [6, 6.07) is 0. The van der Waals surface area contributed by atoms with E-state index in [9.17, 15) is 10.2 Å². The second-order valence-corrected chi connectivity index (χ2v) is 10.3. The Morgan fingerprint density at radius 1 is 0.833 bits per heavy atom. The third-order valence-electron chi connectivity index (χ3n) is 3.60. The summed E-state index contributed by atoms with van der Waals surface area (Å²) in [6.45, 7) is 1.32. The van der Waals surface area contributed by atoms with Crippen LogP contribution in [0, 0.1) is 0 Å². The monoisotopic (exact) mass is 414 g/mol. The summed E-state index contributed by atoms with van der Waals surface area (Å²) in [7, 11) is 0. The topological polar surface area (TPSA) is 55.7 Å². The Morgan fingerprint density at radius 3 is 2.08 bits per heavy atom. The summed E-state index contributed by atoms with van der Waals surface area (Å²) in [6.07, 6.45) is 5.87. The molecule has 1 fully saturated rings. The van der Waals surface area contributed by atoms with Gasteiger partial charge in [0.2, 0.25) is 0 Å². The Hall–Kier alpha value is 1.24. The third kappa shape index (κ3) is 13.4. The summed E-state index contributed by atoms with van der Waals surface area (Å²) in [5.41, 5.74) is 0. The summed E-state index contributed by atoms with van der Waals surface area (Å²) in [5, 5.41) is 22.4. The summed E-state index contributed by atoms with van der Waals surface area (Å²) >= 11 is 7.92. The molecule has 0 bridgehead atoms. The number of nitrogens with one attached hydrogen (secondary N) is 1. The van der Waals surface area contributed by atoms with Gasteiger partial charge in [-0.25, -0.2) is 0 Å². The lowest BCUT2D eigenvalue weighted by Crippen LogP contribution is -2.27. The lowest BCUT2D eigenvalue weighted by Gasteiger charge is -2.21. The smallest absolute Gasteiger partial charge is 0.0560 e. The Kier molecular flexibility index (Phi) is 17.1. The predicted molar refractivity (Wildman–Crippen MR) is 115 cm³/mol. The van der Waals surface area contributed by atoms with Crippen LogP contribution in [0.25, 0.3) is 0 Å². The lowest BCUT2D eigenvalue weighted by atomic mass is 10.4. The van der Waals surface area contributed by atoms with E-state index in [2.05, 4.69) is 10.2 Å². The number of hydrogen-bond donors (Lipinski definition) is 3. The van der Waals surface area contributed by atoms with Crippen LogP contribution in [0.5, 0.6) is 0 Å². The van der Waals surface area contributed by atoms with Gasteiger partial charge in [-0.2, -0.15) is 0 Å². The predicted octanol–water partition coefficient (Wildman–Crippen LogP) is 2.96. The summed E-state index contributed by atoms with van der Waals surface area (Å²) in [4.78, 5) is 2.36. The van der Waals surface area contributed by atoms with Crippen LogP contribution in [-0.2, 0) is 0 Å². The molecule has 0 radical (unpaired) electrons. The highest BCUT2D eigenvalue weighted by atomic mass is 32.2. The van der Waals surface area contributed by atoms with Crippen LogP contribution in [0.2, 0.25) is 0 Å². The first-order chi connectivity index (χ1) is 11.9. The number of hydrogen-bond acceptors (Lipinski definition) is 8. The van der Waals surface area contributed by atoms with Gasteiger partial charge in [0, 0.05) is 30.8 Å². The second kappa shape index (κ2) is 17.6. The van der Waals surface area contributed by atoms with Crippen LogP contribution in [0.1, 0.15) is 32.1 Å². The molecule has 0 aliphatic carbocycles. The first kappa shape index (κ1) is 23.3. The van der Waals surface area contributed by atoms with E-state index in [1.807, 2.05) is 47.0 Å². The van der Waals surface area contributed by atoms with Crippen molar-refractivity contribution in [1.82, 2.24) is 10.2 Å². The maximum Gasteiger partial charge on any atom is 0.0560 e. The van der Waals surface area contributed by atoms with Crippen LogP contribution < -0.4 is 5.32 Å². The molecule has 4 nitrogen and oxygen atoms in total. The molecule has 0 amide bonds. The number of rotatable bonds is 4. The van der Waals surface area contributed by atoms with Gasteiger partial charge in [0.25, 0.3) is 0 Å². The number of nitrogens with zero attached hydrogens (tertiary/aromatic N) is 1. The molecule has 1 rings (SSSR count). The average molecular weight is 415 g/mol. The molecule has 0 aromatic heterocycles. The standard InChI is InChI=1S/C16H34N2O2S4/c19-7-5-16-17-13-21-9-1-2-10-22-14-18(6-8-20)15-23-11-3-4-12-24-16/h16-17,19-20H,1-15H2. The van der Waals surface area contributed by atoms with E-state index in [4.69, 9.17) is 0 Å². The van der Waals surface area contributed by atoms with Crippen LogP contribution >= 0.6 is 47.0 Å². The highest BCUT2D eigenvalue weighted by Gasteiger charge is 2.08. The molecule has 8 heteroatoms. The summed E-state index contributed by atoms with van der Waals surface area (Å²) < 4.78 is 0. The highest BCUT2D eigenvalue weighted by molar-refractivity contribution is 8.00. The maximum absolute atomic E-state index is 9.20. The molecule has 0 aromatic rings. The largest absolute Gasteiger partial charge is 0.396 e. The molecular weight excluding hydrogens is 380 g/mol. The van der Waals surface area contributed by atoms with Crippen LogP contribution in [-0.4, -0.2) is 80.9 Å². The van der Waals surface area contributed by atoms with Crippen molar-refractivity contribution in [1.29, 1.82) is 0 Å². The molecule has 0 aromatic carbocycles. The molecule has 144 valence electrons. The Balaban J connectivity index is 2.30. The fraction of sp³-hybridized carbons (Fsp3) is 1.00. The van der Waals surface area contributed by atoms with E-state index in [1.54, 1.807) is 0 Å². The Morgan fingerprint density at radius 2 is 1.46 bits per heavy atom. The molecule has 1 atom stereocenters. The molecule has 0 spiro atoms. The number of aliphatic hydroxyl groups excluding tert-OH is 2. The van der Waals surface area contributed by atoms with Gasteiger partial charge in [-0.3, -0.25) is 10.2 Å². The Bertz CT molecular complexity index is 254. The average Bonchev–Trinajstić information content (AvgIpc) is 2.58. The van der Waals surface area contributed by atoms with Gasteiger partial charge < -0.3 is 10.2 Å². The zero-order valence-electron chi connectivity index (χ0n) is 14.7.